The first-order valence-corrected chi connectivity index (χ1v) is 11.7. The van der Waals surface area contributed by atoms with E-state index in [-0.39, 0.29) is 18.9 Å². The zero-order valence-electron chi connectivity index (χ0n) is 19.8. The van der Waals surface area contributed by atoms with Gasteiger partial charge in [0.2, 0.25) is 5.91 Å². The molecule has 36 heavy (non-hydrogen) atoms. The first-order valence-electron chi connectivity index (χ1n) is 11.3. The topological polar surface area (TPSA) is 94.2 Å². The zero-order chi connectivity index (χ0) is 25.7. The highest BCUT2D eigenvalue weighted by atomic mass is 35.5. The van der Waals surface area contributed by atoms with Crippen LogP contribution < -0.4 is 19.7 Å². The molecule has 0 bridgehead atoms. The van der Waals surface area contributed by atoms with E-state index >= 15 is 0 Å². The number of carbonyl (C=O) groups excluding carboxylic acids is 3. The molecule has 8 nitrogen and oxygen atoms in total. The molecule has 0 spiro atoms. The number of methoxy groups -OCH3 is 1. The summed E-state index contributed by atoms with van der Waals surface area (Å²) < 4.78 is 16.1. The fourth-order valence-electron chi connectivity index (χ4n) is 3.77. The maximum Gasteiger partial charge on any atom is 0.311 e. The van der Waals surface area contributed by atoms with Crippen molar-refractivity contribution < 1.29 is 28.6 Å². The smallest absolute Gasteiger partial charge is 0.311 e. The Balaban J connectivity index is 1.29. The molecule has 186 valence electrons. The highest BCUT2D eigenvalue weighted by Crippen LogP contribution is 2.30. The zero-order valence-corrected chi connectivity index (χ0v) is 20.6. The van der Waals surface area contributed by atoms with Gasteiger partial charge in [-0.3, -0.25) is 14.4 Å². The van der Waals surface area contributed by atoms with Crippen molar-refractivity contribution in [3.05, 3.63) is 77.3 Å². The molecule has 3 aromatic carbocycles. The van der Waals surface area contributed by atoms with Gasteiger partial charge in [0, 0.05) is 29.4 Å². The normalized spacial score (nSPS) is 14.9. The average Bonchev–Trinajstić information content (AvgIpc) is 3.28. The van der Waals surface area contributed by atoms with Gasteiger partial charge in [-0.25, -0.2) is 0 Å². The maximum absolute atomic E-state index is 12.6. The van der Waals surface area contributed by atoms with Crippen molar-refractivity contribution in [2.75, 3.05) is 30.5 Å². The number of ether oxygens (including phenoxy) is 3. The summed E-state index contributed by atoms with van der Waals surface area (Å²) >= 11 is 6.06. The Kier molecular flexibility index (Phi) is 7.75. The van der Waals surface area contributed by atoms with Crippen molar-refractivity contribution in [2.24, 2.45) is 5.92 Å². The number of nitrogens with zero attached hydrogens (tertiary/aromatic N) is 1. The van der Waals surface area contributed by atoms with Crippen LogP contribution in [0.5, 0.6) is 17.2 Å². The summed E-state index contributed by atoms with van der Waals surface area (Å²) in [6.07, 6.45) is 0.0119. The number of hydrogen-bond acceptors (Lipinski definition) is 6. The van der Waals surface area contributed by atoms with Crippen molar-refractivity contribution in [2.45, 2.75) is 13.3 Å². The van der Waals surface area contributed by atoms with Gasteiger partial charge < -0.3 is 24.4 Å². The van der Waals surface area contributed by atoms with Crippen LogP contribution in [0, 0.1) is 12.8 Å². The molecule has 3 aromatic rings. The van der Waals surface area contributed by atoms with Crippen molar-refractivity contribution in [1.82, 2.24) is 0 Å². The molecule has 0 radical (unpaired) electrons. The van der Waals surface area contributed by atoms with E-state index in [9.17, 15) is 14.4 Å². The summed E-state index contributed by atoms with van der Waals surface area (Å²) in [6, 6.07) is 19.3. The molecule has 0 unspecified atom stereocenters. The number of rotatable bonds is 8. The van der Waals surface area contributed by atoms with Crippen LogP contribution in [0.4, 0.5) is 11.4 Å². The van der Waals surface area contributed by atoms with Gasteiger partial charge in [-0.05, 0) is 73.2 Å². The molecule has 1 saturated heterocycles. The summed E-state index contributed by atoms with van der Waals surface area (Å²) in [5.74, 6) is 0.0552. The molecule has 1 aliphatic heterocycles. The van der Waals surface area contributed by atoms with Crippen LogP contribution in [-0.4, -0.2) is 38.0 Å². The van der Waals surface area contributed by atoms with Crippen LogP contribution in [0.2, 0.25) is 5.02 Å². The Morgan fingerprint density at radius 3 is 2.31 bits per heavy atom. The largest absolute Gasteiger partial charge is 0.497 e. The lowest BCUT2D eigenvalue weighted by molar-refractivity contribution is -0.151. The van der Waals surface area contributed by atoms with E-state index in [0.29, 0.717) is 27.9 Å². The van der Waals surface area contributed by atoms with Crippen LogP contribution in [0.1, 0.15) is 12.0 Å². The quantitative estimate of drug-likeness (QED) is 0.431. The van der Waals surface area contributed by atoms with Gasteiger partial charge in [0.1, 0.15) is 17.2 Å². The predicted octanol–water partition coefficient (Wildman–Crippen LogP) is 4.98. The summed E-state index contributed by atoms with van der Waals surface area (Å²) in [6.45, 7) is 1.50. The van der Waals surface area contributed by atoms with E-state index < -0.39 is 24.4 Å². The monoisotopic (exact) mass is 508 g/mol. The number of carbonyl (C=O) groups is 3. The number of nitrogens with one attached hydrogen (secondary N) is 1. The van der Waals surface area contributed by atoms with E-state index in [4.69, 9.17) is 25.8 Å². The molecular formula is C27H25ClN2O6. The fourth-order valence-corrected chi connectivity index (χ4v) is 3.95. The van der Waals surface area contributed by atoms with Crippen molar-refractivity contribution in [1.29, 1.82) is 0 Å². The Morgan fingerprint density at radius 2 is 1.64 bits per heavy atom. The lowest BCUT2D eigenvalue weighted by Gasteiger charge is -2.17. The van der Waals surface area contributed by atoms with Crippen LogP contribution in [0.3, 0.4) is 0 Å². The van der Waals surface area contributed by atoms with Crippen LogP contribution in [-0.2, 0) is 19.1 Å². The molecule has 0 aliphatic carbocycles. The van der Waals surface area contributed by atoms with E-state index in [1.165, 1.54) is 4.90 Å². The first kappa shape index (κ1) is 25.1. The molecule has 1 N–H and O–H groups in total. The second-order valence-electron chi connectivity index (χ2n) is 8.25. The summed E-state index contributed by atoms with van der Waals surface area (Å²) in [5, 5.41) is 3.20. The third-order valence-electron chi connectivity index (χ3n) is 5.79. The summed E-state index contributed by atoms with van der Waals surface area (Å²) in [4.78, 5) is 38.8. The summed E-state index contributed by atoms with van der Waals surface area (Å²) in [7, 11) is 1.60. The second-order valence-corrected chi connectivity index (χ2v) is 8.65. The van der Waals surface area contributed by atoms with Gasteiger partial charge in [0.05, 0.1) is 13.0 Å². The predicted molar refractivity (Wildman–Crippen MR) is 136 cm³/mol. The third-order valence-corrected chi connectivity index (χ3v) is 6.20. The molecule has 4 rings (SSSR count). The Hall–Kier alpha value is -4.04. The fraction of sp³-hybridized carbons (Fsp3) is 0.222. The van der Waals surface area contributed by atoms with Crippen LogP contribution in [0.15, 0.2) is 66.7 Å². The average molecular weight is 509 g/mol. The number of esters is 1. The number of amides is 2. The Labute approximate surface area is 213 Å². The molecule has 1 heterocycles. The number of hydrogen-bond donors (Lipinski definition) is 1. The number of anilines is 2. The maximum atomic E-state index is 12.6. The number of halogens is 1. The SMILES string of the molecule is COc1ccc(Oc2ccc(N3C[C@@H](C(=O)OCC(=O)Nc4cccc(Cl)c4C)CC3=O)cc2)cc1. The molecule has 1 atom stereocenters. The van der Waals surface area contributed by atoms with Crippen molar-refractivity contribution in [3.8, 4) is 17.2 Å². The molecule has 0 saturated carbocycles. The van der Waals surface area contributed by atoms with Gasteiger partial charge in [-0.2, -0.15) is 0 Å². The van der Waals surface area contributed by atoms with E-state index in [1.54, 1.807) is 80.8 Å². The second kappa shape index (κ2) is 11.1. The Morgan fingerprint density at radius 1 is 1.00 bits per heavy atom. The molecule has 1 fully saturated rings. The van der Waals surface area contributed by atoms with Gasteiger partial charge >= 0.3 is 5.97 Å². The van der Waals surface area contributed by atoms with Crippen LogP contribution in [0.25, 0.3) is 0 Å². The molecule has 2 amide bonds. The molecule has 9 heteroatoms. The highest BCUT2D eigenvalue weighted by Gasteiger charge is 2.36. The molecular weight excluding hydrogens is 484 g/mol. The van der Waals surface area contributed by atoms with Crippen molar-refractivity contribution in [3.63, 3.8) is 0 Å². The van der Waals surface area contributed by atoms with Gasteiger partial charge in [-0.15, -0.1) is 0 Å². The molecule has 0 aromatic heterocycles. The highest BCUT2D eigenvalue weighted by molar-refractivity contribution is 6.31. The standard InChI is InChI=1S/C27H25ClN2O6/c1-17-23(28)4-3-5-24(17)29-25(31)16-35-27(33)18-14-26(32)30(15-18)19-6-8-21(9-7-19)36-22-12-10-20(34-2)11-13-22/h3-13,18H,14-16H2,1-2H3,(H,29,31)/t18-/m0/s1. The third kappa shape index (κ3) is 5.95. The Bertz CT molecular complexity index is 1260. The minimum Gasteiger partial charge on any atom is -0.497 e. The molecule has 1 aliphatic rings. The minimum absolute atomic E-state index is 0.0119. The summed E-state index contributed by atoms with van der Waals surface area (Å²) in [5.41, 5.74) is 1.91. The van der Waals surface area contributed by atoms with E-state index in [0.717, 1.165) is 11.3 Å². The lowest BCUT2D eigenvalue weighted by atomic mass is 10.1. The van der Waals surface area contributed by atoms with Crippen molar-refractivity contribution >= 4 is 40.8 Å². The lowest BCUT2D eigenvalue weighted by Crippen LogP contribution is -2.28. The first-order chi connectivity index (χ1) is 17.3. The minimum atomic E-state index is -0.659. The van der Waals surface area contributed by atoms with Gasteiger partial charge in [0.15, 0.2) is 6.61 Å². The van der Waals surface area contributed by atoms with E-state index in [1.807, 2.05) is 0 Å². The number of benzene rings is 3. The van der Waals surface area contributed by atoms with Gasteiger partial charge in [-0.1, -0.05) is 17.7 Å². The van der Waals surface area contributed by atoms with Gasteiger partial charge in [0.25, 0.3) is 5.91 Å². The van der Waals surface area contributed by atoms with E-state index in [2.05, 4.69) is 5.32 Å². The van der Waals surface area contributed by atoms with Crippen LogP contribution >= 0.6 is 11.6 Å².